The first-order chi connectivity index (χ1) is 10.3. The Bertz CT molecular complexity index is 550. The number of nitrogens with one attached hydrogen (secondary N) is 1. The lowest BCUT2D eigenvalue weighted by molar-refractivity contribution is 0.176. The molecule has 1 atom stereocenters. The lowest BCUT2D eigenvalue weighted by Gasteiger charge is -2.25. The highest BCUT2D eigenvalue weighted by atomic mass is 16.5. The van der Waals surface area contributed by atoms with Crippen molar-refractivity contribution in [3.05, 3.63) is 48.0 Å². The standard InChI is InChI=1S/C18H26N2O/c1-19-18(14-20(2)12-7-13-21-3)17-11-6-9-15-8-4-5-10-16(15)17/h4-6,8-11,18-19H,7,12-14H2,1-3H3. The molecule has 0 radical (unpaired) electrons. The molecule has 0 aliphatic heterocycles. The number of fused-ring (bicyclic) bond motifs is 1. The minimum absolute atomic E-state index is 0.337. The quantitative estimate of drug-likeness (QED) is 0.755. The van der Waals surface area contributed by atoms with E-state index in [0.717, 1.165) is 26.1 Å². The van der Waals surface area contributed by atoms with Crippen molar-refractivity contribution in [1.82, 2.24) is 10.2 Å². The maximum Gasteiger partial charge on any atom is 0.0474 e. The van der Waals surface area contributed by atoms with Gasteiger partial charge in [0.25, 0.3) is 0 Å². The fourth-order valence-corrected chi connectivity index (χ4v) is 2.78. The Morgan fingerprint density at radius 1 is 1.14 bits per heavy atom. The van der Waals surface area contributed by atoms with E-state index in [0.29, 0.717) is 6.04 Å². The van der Waals surface area contributed by atoms with Crippen molar-refractivity contribution in [3.8, 4) is 0 Å². The zero-order chi connectivity index (χ0) is 15.1. The second-order valence-electron chi connectivity index (χ2n) is 5.52. The molecule has 1 N–H and O–H groups in total. The predicted octanol–water partition coefficient (Wildman–Crippen LogP) is 3.07. The van der Waals surface area contributed by atoms with Crippen molar-refractivity contribution in [1.29, 1.82) is 0 Å². The van der Waals surface area contributed by atoms with E-state index in [1.165, 1.54) is 16.3 Å². The van der Waals surface area contributed by atoms with Crippen molar-refractivity contribution < 1.29 is 4.74 Å². The Hall–Kier alpha value is -1.42. The van der Waals surface area contributed by atoms with Gasteiger partial charge in [0.15, 0.2) is 0 Å². The van der Waals surface area contributed by atoms with E-state index in [9.17, 15) is 0 Å². The normalized spacial score (nSPS) is 13.0. The van der Waals surface area contributed by atoms with E-state index in [1.54, 1.807) is 7.11 Å². The first kappa shape index (κ1) is 16.0. The largest absolute Gasteiger partial charge is 0.385 e. The van der Waals surface area contributed by atoms with E-state index in [2.05, 4.69) is 59.7 Å². The zero-order valence-corrected chi connectivity index (χ0v) is 13.3. The Labute approximate surface area is 127 Å². The van der Waals surface area contributed by atoms with Gasteiger partial charge in [-0.15, -0.1) is 0 Å². The smallest absolute Gasteiger partial charge is 0.0474 e. The number of hydrogen-bond acceptors (Lipinski definition) is 3. The number of methoxy groups -OCH3 is 1. The summed E-state index contributed by atoms with van der Waals surface area (Å²) < 4.78 is 5.12. The van der Waals surface area contributed by atoms with Crippen LogP contribution in [-0.2, 0) is 4.74 Å². The van der Waals surface area contributed by atoms with Crippen LogP contribution in [0.25, 0.3) is 10.8 Å². The minimum Gasteiger partial charge on any atom is -0.385 e. The molecule has 0 heterocycles. The summed E-state index contributed by atoms with van der Waals surface area (Å²) in [6.07, 6.45) is 1.07. The Balaban J connectivity index is 2.12. The van der Waals surface area contributed by atoms with Crippen molar-refractivity contribution in [3.63, 3.8) is 0 Å². The van der Waals surface area contributed by atoms with E-state index < -0.39 is 0 Å². The van der Waals surface area contributed by atoms with Gasteiger partial charge in [-0.2, -0.15) is 0 Å². The van der Waals surface area contributed by atoms with Crippen LogP contribution in [0.4, 0.5) is 0 Å². The first-order valence-corrected chi connectivity index (χ1v) is 7.58. The van der Waals surface area contributed by atoms with Crippen LogP contribution >= 0.6 is 0 Å². The second kappa shape index (κ2) is 8.13. The lowest BCUT2D eigenvalue weighted by Crippen LogP contribution is -2.32. The van der Waals surface area contributed by atoms with Gasteiger partial charge in [-0.3, -0.25) is 0 Å². The molecule has 114 valence electrons. The lowest BCUT2D eigenvalue weighted by atomic mass is 9.98. The van der Waals surface area contributed by atoms with Crippen LogP contribution in [0.2, 0.25) is 0 Å². The van der Waals surface area contributed by atoms with E-state index in [1.807, 2.05) is 7.05 Å². The third kappa shape index (κ3) is 4.27. The number of benzene rings is 2. The SMILES string of the molecule is CNC(CN(C)CCCOC)c1cccc2ccccc12. The van der Waals surface area contributed by atoms with Crippen LogP contribution in [-0.4, -0.2) is 45.8 Å². The monoisotopic (exact) mass is 286 g/mol. The maximum atomic E-state index is 5.12. The molecular weight excluding hydrogens is 260 g/mol. The number of nitrogens with zero attached hydrogens (tertiary/aromatic N) is 1. The molecule has 0 saturated carbocycles. The van der Waals surface area contributed by atoms with Gasteiger partial charge in [0.1, 0.15) is 0 Å². The molecule has 1 unspecified atom stereocenters. The van der Waals surface area contributed by atoms with Crippen LogP contribution in [0, 0.1) is 0 Å². The average Bonchev–Trinajstić information content (AvgIpc) is 2.52. The molecule has 3 heteroatoms. The van der Waals surface area contributed by atoms with Crippen LogP contribution < -0.4 is 5.32 Å². The molecule has 0 aromatic heterocycles. The molecule has 2 rings (SSSR count). The zero-order valence-electron chi connectivity index (χ0n) is 13.3. The van der Waals surface area contributed by atoms with E-state index >= 15 is 0 Å². The molecule has 0 amide bonds. The van der Waals surface area contributed by atoms with Gasteiger partial charge in [0.2, 0.25) is 0 Å². The summed E-state index contributed by atoms with van der Waals surface area (Å²) in [5, 5.41) is 6.10. The van der Waals surface area contributed by atoms with Gasteiger partial charge in [-0.25, -0.2) is 0 Å². The van der Waals surface area contributed by atoms with Gasteiger partial charge in [0, 0.05) is 32.8 Å². The minimum atomic E-state index is 0.337. The Morgan fingerprint density at radius 3 is 2.67 bits per heavy atom. The van der Waals surface area contributed by atoms with Gasteiger partial charge < -0.3 is 15.0 Å². The summed E-state index contributed by atoms with van der Waals surface area (Å²) in [6.45, 7) is 2.87. The molecule has 0 fully saturated rings. The summed E-state index contributed by atoms with van der Waals surface area (Å²) in [7, 11) is 5.97. The van der Waals surface area contributed by atoms with Crippen LogP contribution in [0.5, 0.6) is 0 Å². The topological polar surface area (TPSA) is 24.5 Å². The fraction of sp³-hybridized carbons (Fsp3) is 0.444. The van der Waals surface area contributed by atoms with E-state index in [4.69, 9.17) is 4.74 Å². The molecule has 2 aromatic rings. The van der Waals surface area contributed by atoms with Crippen molar-refractivity contribution in [2.24, 2.45) is 0 Å². The highest BCUT2D eigenvalue weighted by Gasteiger charge is 2.14. The summed E-state index contributed by atoms with van der Waals surface area (Å²) in [6, 6.07) is 15.5. The number of likely N-dealkylation sites (N-methyl/N-ethyl adjacent to an activating group) is 2. The van der Waals surface area contributed by atoms with Crippen LogP contribution in [0.1, 0.15) is 18.0 Å². The molecule has 0 aliphatic carbocycles. The summed E-state index contributed by atoms with van der Waals surface area (Å²) in [4.78, 5) is 2.36. The molecule has 2 aromatic carbocycles. The van der Waals surface area contributed by atoms with Crippen LogP contribution in [0.15, 0.2) is 42.5 Å². The van der Waals surface area contributed by atoms with E-state index in [-0.39, 0.29) is 0 Å². The fourth-order valence-electron chi connectivity index (χ4n) is 2.78. The van der Waals surface area contributed by atoms with Gasteiger partial charge in [-0.05, 0) is 36.9 Å². The highest BCUT2D eigenvalue weighted by molar-refractivity contribution is 5.86. The molecule has 0 aliphatic rings. The number of rotatable bonds is 8. The van der Waals surface area contributed by atoms with Crippen molar-refractivity contribution in [2.75, 3.05) is 40.9 Å². The maximum absolute atomic E-state index is 5.12. The first-order valence-electron chi connectivity index (χ1n) is 7.58. The van der Waals surface area contributed by atoms with Crippen molar-refractivity contribution in [2.45, 2.75) is 12.5 Å². The summed E-state index contributed by atoms with van der Waals surface area (Å²) in [5.74, 6) is 0. The highest BCUT2D eigenvalue weighted by Crippen LogP contribution is 2.24. The molecule has 0 bridgehead atoms. The third-order valence-electron chi connectivity index (χ3n) is 3.93. The molecule has 0 spiro atoms. The molecular formula is C18H26N2O. The Kier molecular flexibility index (Phi) is 6.18. The summed E-state index contributed by atoms with van der Waals surface area (Å²) >= 11 is 0. The van der Waals surface area contributed by atoms with Gasteiger partial charge in [-0.1, -0.05) is 42.5 Å². The molecule has 21 heavy (non-hydrogen) atoms. The predicted molar refractivity (Wildman–Crippen MR) is 89.7 cm³/mol. The van der Waals surface area contributed by atoms with Crippen LogP contribution in [0.3, 0.4) is 0 Å². The third-order valence-corrected chi connectivity index (χ3v) is 3.93. The second-order valence-corrected chi connectivity index (χ2v) is 5.52. The van der Waals surface area contributed by atoms with Gasteiger partial charge in [0.05, 0.1) is 0 Å². The molecule has 0 saturated heterocycles. The van der Waals surface area contributed by atoms with Gasteiger partial charge >= 0.3 is 0 Å². The number of ether oxygens (including phenoxy) is 1. The Morgan fingerprint density at radius 2 is 1.90 bits per heavy atom. The number of hydrogen-bond donors (Lipinski definition) is 1. The summed E-state index contributed by atoms with van der Waals surface area (Å²) in [5.41, 5.74) is 1.37. The average molecular weight is 286 g/mol. The van der Waals surface area contributed by atoms with Crippen molar-refractivity contribution >= 4 is 10.8 Å². The molecule has 3 nitrogen and oxygen atoms in total.